The van der Waals surface area contributed by atoms with Crippen molar-refractivity contribution in [1.29, 1.82) is 0 Å². The molecule has 0 atom stereocenters. The van der Waals surface area contributed by atoms with Crippen LogP contribution in [0.1, 0.15) is 42.4 Å². The third kappa shape index (κ3) is 5.28. The molecule has 0 unspecified atom stereocenters. The third-order valence-electron chi connectivity index (χ3n) is 7.93. The van der Waals surface area contributed by atoms with Gasteiger partial charge in [-0.25, -0.2) is 4.98 Å². The predicted octanol–water partition coefficient (Wildman–Crippen LogP) is 6.91. The van der Waals surface area contributed by atoms with E-state index in [0.29, 0.717) is 28.8 Å². The summed E-state index contributed by atoms with van der Waals surface area (Å²) in [5, 5.41) is 4.05. The van der Waals surface area contributed by atoms with Gasteiger partial charge < -0.3 is 5.32 Å². The highest BCUT2D eigenvalue weighted by Gasteiger charge is 2.44. The fourth-order valence-electron chi connectivity index (χ4n) is 6.13. The van der Waals surface area contributed by atoms with E-state index >= 15 is 0 Å². The number of fused-ring (bicyclic) bond motifs is 4. The minimum absolute atomic E-state index is 0.0464. The van der Waals surface area contributed by atoms with Crippen molar-refractivity contribution in [3.8, 4) is 11.3 Å². The number of carbonyl (C=O) groups excluding carboxylic acids is 1. The molecule has 0 saturated heterocycles. The number of rotatable bonds is 7. The van der Waals surface area contributed by atoms with Crippen molar-refractivity contribution < 1.29 is 4.79 Å². The van der Waals surface area contributed by atoms with E-state index in [-0.39, 0.29) is 22.6 Å². The second-order valence-corrected chi connectivity index (χ2v) is 11.9. The van der Waals surface area contributed by atoms with E-state index < -0.39 is 0 Å². The fourth-order valence-corrected chi connectivity index (χ4v) is 7.14. The molecule has 5 nitrogen and oxygen atoms in total. The molecule has 1 saturated carbocycles. The number of amides is 1. The Morgan fingerprint density at radius 1 is 1.00 bits per heavy atom. The Morgan fingerprint density at radius 3 is 2.56 bits per heavy atom. The molecule has 39 heavy (non-hydrogen) atoms. The first kappa shape index (κ1) is 25.9. The number of aromatic nitrogens is 2. The number of hydrogen-bond donors (Lipinski definition) is 1. The first-order valence-electron chi connectivity index (χ1n) is 13.5. The van der Waals surface area contributed by atoms with Crippen molar-refractivity contribution in [2.45, 2.75) is 55.6 Å². The maximum Gasteiger partial charge on any atom is 0.258 e. The molecule has 0 aliphatic heterocycles. The van der Waals surface area contributed by atoms with Gasteiger partial charge in [-0.1, -0.05) is 96.9 Å². The minimum atomic E-state index is -0.170. The van der Waals surface area contributed by atoms with Crippen LogP contribution in [0.15, 0.2) is 88.8 Å². The van der Waals surface area contributed by atoms with Crippen LogP contribution in [0.3, 0.4) is 0 Å². The maximum atomic E-state index is 14.4. The quantitative estimate of drug-likeness (QED) is 0.199. The monoisotopic (exact) mass is 555 g/mol. The van der Waals surface area contributed by atoms with Gasteiger partial charge in [-0.05, 0) is 55.0 Å². The normalized spacial score (nSPS) is 15.1. The second-order valence-electron chi connectivity index (χ2n) is 10.5. The summed E-state index contributed by atoms with van der Waals surface area (Å²) in [6.45, 7) is 0.513. The SMILES string of the molecule is O=C(CSc1nc2c(c(=O)n1CCc1ccccc1)C1(CCCC1)Cc1ccccc1-2)Nc1cccc(Cl)c1. The van der Waals surface area contributed by atoms with Crippen LogP contribution < -0.4 is 10.9 Å². The summed E-state index contributed by atoms with van der Waals surface area (Å²) in [5.41, 5.74) is 5.68. The second kappa shape index (κ2) is 11.0. The fraction of sp³-hybridized carbons (Fsp3) is 0.281. The highest BCUT2D eigenvalue weighted by Crippen LogP contribution is 2.50. The molecule has 7 heteroatoms. The van der Waals surface area contributed by atoms with Crippen molar-refractivity contribution >= 4 is 35.0 Å². The summed E-state index contributed by atoms with van der Waals surface area (Å²) >= 11 is 7.39. The zero-order valence-electron chi connectivity index (χ0n) is 21.7. The minimum Gasteiger partial charge on any atom is -0.325 e. The summed E-state index contributed by atoms with van der Waals surface area (Å²) in [6.07, 6.45) is 5.89. The highest BCUT2D eigenvalue weighted by atomic mass is 35.5. The summed E-state index contributed by atoms with van der Waals surface area (Å²) in [5.74, 6) is -0.0351. The molecule has 3 aromatic carbocycles. The van der Waals surface area contributed by atoms with Gasteiger partial charge >= 0.3 is 0 Å². The molecule has 1 fully saturated rings. The molecule has 1 N–H and O–H groups in total. The van der Waals surface area contributed by atoms with E-state index in [1.54, 1.807) is 24.3 Å². The Kier molecular flexibility index (Phi) is 7.32. The largest absolute Gasteiger partial charge is 0.325 e. The summed E-state index contributed by atoms with van der Waals surface area (Å²) in [7, 11) is 0. The average molecular weight is 556 g/mol. The van der Waals surface area contributed by atoms with Gasteiger partial charge in [-0.3, -0.25) is 14.2 Å². The van der Waals surface area contributed by atoms with Crippen LogP contribution in [0.4, 0.5) is 5.69 Å². The van der Waals surface area contributed by atoms with Crippen LogP contribution in [0, 0.1) is 0 Å². The van der Waals surface area contributed by atoms with Gasteiger partial charge in [0.05, 0.1) is 17.0 Å². The number of anilines is 1. The predicted molar refractivity (Wildman–Crippen MR) is 159 cm³/mol. The van der Waals surface area contributed by atoms with E-state index in [1.165, 1.54) is 17.3 Å². The van der Waals surface area contributed by atoms with E-state index in [4.69, 9.17) is 16.6 Å². The highest BCUT2D eigenvalue weighted by molar-refractivity contribution is 7.99. The summed E-state index contributed by atoms with van der Waals surface area (Å²) < 4.78 is 1.82. The van der Waals surface area contributed by atoms with Crippen LogP contribution in [0.25, 0.3) is 11.3 Å². The van der Waals surface area contributed by atoms with Gasteiger partial charge in [-0.2, -0.15) is 0 Å². The van der Waals surface area contributed by atoms with Crippen LogP contribution in [-0.2, 0) is 29.6 Å². The van der Waals surface area contributed by atoms with Crippen LogP contribution in [0.2, 0.25) is 5.02 Å². The van der Waals surface area contributed by atoms with Crippen LogP contribution in [0.5, 0.6) is 0 Å². The molecule has 6 rings (SSSR count). The van der Waals surface area contributed by atoms with Gasteiger partial charge in [0.15, 0.2) is 5.16 Å². The zero-order chi connectivity index (χ0) is 26.8. The molecule has 1 heterocycles. The first-order valence-corrected chi connectivity index (χ1v) is 14.8. The van der Waals surface area contributed by atoms with E-state index in [9.17, 15) is 9.59 Å². The summed E-state index contributed by atoms with van der Waals surface area (Å²) in [6, 6.07) is 25.6. The lowest BCUT2D eigenvalue weighted by molar-refractivity contribution is -0.113. The number of nitrogens with one attached hydrogen (secondary N) is 1. The van der Waals surface area contributed by atoms with Crippen molar-refractivity contribution in [3.05, 3.63) is 111 Å². The molecular weight excluding hydrogens is 526 g/mol. The van der Waals surface area contributed by atoms with E-state index in [1.807, 2.05) is 28.8 Å². The molecule has 2 aliphatic rings. The summed E-state index contributed by atoms with van der Waals surface area (Å²) in [4.78, 5) is 32.4. The van der Waals surface area contributed by atoms with Gasteiger partial charge in [0.2, 0.25) is 5.91 Å². The zero-order valence-corrected chi connectivity index (χ0v) is 23.2. The van der Waals surface area contributed by atoms with Gasteiger partial charge in [0, 0.05) is 28.2 Å². The van der Waals surface area contributed by atoms with Crippen molar-refractivity contribution in [2.24, 2.45) is 0 Å². The smallest absolute Gasteiger partial charge is 0.258 e. The van der Waals surface area contributed by atoms with Crippen molar-refractivity contribution in [1.82, 2.24) is 9.55 Å². The topological polar surface area (TPSA) is 64.0 Å². The molecule has 1 spiro atoms. The van der Waals surface area contributed by atoms with E-state index in [0.717, 1.165) is 54.5 Å². The van der Waals surface area contributed by atoms with Crippen molar-refractivity contribution in [3.63, 3.8) is 0 Å². The Hall–Kier alpha value is -3.35. The Bertz CT molecular complexity index is 1580. The molecule has 1 amide bonds. The van der Waals surface area contributed by atoms with Gasteiger partial charge in [0.25, 0.3) is 5.56 Å². The molecule has 2 aliphatic carbocycles. The molecule has 0 radical (unpaired) electrons. The van der Waals surface area contributed by atoms with Crippen LogP contribution >= 0.6 is 23.4 Å². The number of thioether (sulfide) groups is 1. The number of carbonyl (C=O) groups is 1. The lowest BCUT2D eigenvalue weighted by atomic mass is 9.68. The number of hydrogen-bond acceptors (Lipinski definition) is 4. The van der Waals surface area contributed by atoms with Crippen molar-refractivity contribution in [2.75, 3.05) is 11.1 Å². The lowest BCUT2D eigenvalue weighted by Crippen LogP contribution is -2.40. The Labute approximate surface area is 237 Å². The molecule has 198 valence electrons. The number of nitrogens with zero attached hydrogens (tertiary/aromatic N) is 2. The number of aryl methyl sites for hydroxylation is 1. The number of halogens is 1. The van der Waals surface area contributed by atoms with E-state index in [2.05, 4.69) is 35.6 Å². The van der Waals surface area contributed by atoms with Gasteiger partial charge in [0.1, 0.15) is 0 Å². The number of benzene rings is 3. The van der Waals surface area contributed by atoms with Gasteiger partial charge in [-0.15, -0.1) is 0 Å². The Balaban J connectivity index is 1.39. The standard InChI is InChI=1S/C32H30ClN3O2S/c33-24-12-8-13-25(19-24)34-27(37)21-39-31-35-29-26-14-5-4-11-23(26)20-32(16-6-7-17-32)28(29)30(38)36(31)18-15-22-9-2-1-3-10-22/h1-5,8-14,19H,6-7,15-18,20-21H2,(H,34,37). The average Bonchev–Trinajstić information content (AvgIpc) is 3.40. The van der Waals surface area contributed by atoms with Crippen LogP contribution in [-0.4, -0.2) is 21.2 Å². The molecule has 4 aromatic rings. The maximum absolute atomic E-state index is 14.4. The lowest BCUT2D eigenvalue weighted by Gasteiger charge is -2.36. The Morgan fingerprint density at radius 2 is 1.77 bits per heavy atom. The molecule has 0 bridgehead atoms. The first-order chi connectivity index (χ1) is 19.0. The third-order valence-corrected chi connectivity index (χ3v) is 9.15. The molecule has 1 aromatic heterocycles. The molecular formula is C32H30ClN3O2S.